The molecule has 0 aliphatic rings. The lowest BCUT2D eigenvalue weighted by molar-refractivity contribution is 0.978. The van der Waals surface area contributed by atoms with E-state index in [-0.39, 0.29) is 0 Å². The summed E-state index contributed by atoms with van der Waals surface area (Å²) in [5, 5.41) is 4.94. The average molecular weight is 247 g/mol. The maximum atomic E-state index is 4.44. The van der Waals surface area contributed by atoms with Crippen LogP contribution >= 0.6 is 0 Å². The highest BCUT2D eigenvalue weighted by molar-refractivity contribution is 6.20. The zero-order valence-corrected chi connectivity index (χ0v) is 10.9. The summed E-state index contributed by atoms with van der Waals surface area (Å²) in [7, 11) is 2.06. The summed E-state index contributed by atoms with van der Waals surface area (Å²) >= 11 is 0. The van der Waals surface area contributed by atoms with Gasteiger partial charge in [-0.2, -0.15) is 0 Å². The maximum absolute atomic E-state index is 4.44. The van der Waals surface area contributed by atoms with Gasteiger partial charge in [0.05, 0.1) is 11.2 Å². The Kier molecular flexibility index (Phi) is 1.96. The van der Waals surface area contributed by atoms with Crippen molar-refractivity contribution in [2.45, 2.75) is 6.92 Å². The van der Waals surface area contributed by atoms with Gasteiger partial charge in [0, 0.05) is 17.8 Å². The summed E-state index contributed by atoms with van der Waals surface area (Å²) in [4.78, 5) is 8.79. The largest absolute Gasteiger partial charge is 0.328 e. The van der Waals surface area contributed by atoms with Crippen LogP contribution in [0.15, 0.2) is 42.7 Å². The minimum absolute atomic E-state index is 0.999. The molecule has 3 nitrogen and oxygen atoms in total. The zero-order valence-electron chi connectivity index (χ0n) is 10.9. The van der Waals surface area contributed by atoms with E-state index in [0.717, 1.165) is 16.7 Å². The molecule has 0 unspecified atom stereocenters. The molecule has 0 saturated carbocycles. The first-order chi connectivity index (χ1) is 9.27. The van der Waals surface area contributed by atoms with Gasteiger partial charge in [-0.05, 0) is 23.8 Å². The van der Waals surface area contributed by atoms with Crippen molar-refractivity contribution in [2.75, 3.05) is 0 Å². The molecule has 0 amide bonds. The van der Waals surface area contributed by atoms with Crippen molar-refractivity contribution in [2.24, 2.45) is 7.05 Å². The van der Waals surface area contributed by atoms with Crippen LogP contribution in [0.4, 0.5) is 0 Å². The van der Waals surface area contributed by atoms with Crippen molar-refractivity contribution in [1.82, 2.24) is 14.5 Å². The highest BCUT2D eigenvalue weighted by Crippen LogP contribution is 2.34. The quantitative estimate of drug-likeness (QED) is 0.475. The fourth-order valence-electron chi connectivity index (χ4n) is 2.92. The van der Waals surface area contributed by atoms with Crippen molar-refractivity contribution in [3.63, 3.8) is 0 Å². The minimum Gasteiger partial charge on any atom is -0.328 e. The number of hydrogen-bond donors (Lipinski definition) is 0. The van der Waals surface area contributed by atoms with Crippen molar-refractivity contribution >= 4 is 32.7 Å². The van der Waals surface area contributed by atoms with E-state index in [1.54, 1.807) is 6.33 Å². The van der Waals surface area contributed by atoms with Gasteiger partial charge in [0.2, 0.25) is 0 Å². The average Bonchev–Trinajstić information content (AvgIpc) is 2.74. The molecule has 0 aliphatic carbocycles. The topological polar surface area (TPSA) is 30.7 Å². The van der Waals surface area contributed by atoms with Crippen LogP contribution in [0.5, 0.6) is 0 Å². The third kappa shape index (κ3) is 1.27. The first-order valence-electron chi connectivity index (χ1n) is 6.35. The number of aromatic nitrogens is 3. The van der Waals surface area contributed by atoms with Crippen molar-refractivity contribution < 1.29 is 0 Å². The van der Waals surface area contributed by atoms with E-state index in [1.165, 1.54) is 21.7 Å². The van der Waals surface area contributed by atoms with E-state index in [9.17, 15) is 0 Å². The van der Waals surface area contributed by atoms with Crippen LogP contribution < -0.4 is 0 Å². The normalized spacial score (nSPS) is 11.7. The number of benzene rings is 2. The number of rotatable bonds is 0. The van der Waals surface area contributed by atoms with Gasteiger partial charge in [-0.25, -0.2) is 9.97 Å². The van der Waals surface area contributed by atoms with E-state index in [4.69, 9.17) is 0 Å². The van der Waals surface area contributed by atoms with Crippen molar-refractivity contribution in [1.29, 1.82) is 0 Å². The zero-order chi connectivity index (χ0) is 13.0. The minimum atomic E-state index is 0.999. The van der Waals surface area contributed by atoms with Gasteiger partial charge < -0.3 is 4.57 Å². The second-order valence-electron chi connectivity index (χ2n) is 4.90. The molecule has 0 radical (unpaired) electrons. The van der Waals surface area contributed by atoms with Crippen LogP contribution in [0.3, 0.4) is 0 Å². The van der Waals surface area contributed by atoms with Crippen molar-refractivity contribution in [3.8, 4) is 0 Å². The molecule has 2 aromatic carbocycles. The molecule has 0 N–H and O–H groups in total. The lowest BCUT2D eigenvalue weighted by atomic mass is 10.0. The van der Waals surface area contributed by atoms with Crippen LogP contribution in [-0.4, -0.2) is 14.5 Å². The smallest absolute Gasteiger partial charge is 0.144 e. The third-order valence-electron chi connectivity index (χ3n) is 3.85. The van der Waals surface area contributed by atoms with Gasteiger partial charge in [-0.15, -0.1) is 0 Å². The SMILES string of the molecule is Cc1ncnc2c1c1c3ccccc3ccc1n2C. The lowest BCUT2D eigenvalue weighted by Crippen LogP contribution is -1.91. The second-order valence-corrected chi connectivity index (χ2v) is 4.90. The number of fused-ring (bicyclic) bond motifs is 5. The molecule has 92 valence electrons. The van der Waals surface area contributed by atoms with Gasteiger partial charge in [-0.1, -0.05) is 30.3 Å². The second kappa shape index (κ2) is 3.54. The van der Waals surface area contributed by atoms with Crippen LogP contribution in [-0.2, 0) is 7.05 Å². The maximum Gasteiger partial charge on any atom is 0.144 e. The Morgan fingerprint density at radius 2 is 1.79 bits per heavy atom. The standard InChI is InChI=1S/C16H13N3/c1-10-14-15-12-6-4-3-5-11(12)7-8-13(15)19(2)16(14)18-9-17-10/h3-9H,1-2H3. The van der Waals surface area contributed by atoms with Crippen LogP contribution in [0.25, 0.3) is 32.7 Å². The number of aryl methyl sites for hydroxylation is 2. The Morgan fingerprint density at radius 3 is 2.68 bits per heavy atom. The molecular weight excluding hydrogens is 234 g/mol. The Morgan fingerprint density at radius 1 is 0.947 bits per heavy atom. The van der Waals surface area contributed by atoms with E-state index in [0.29, 0.717) is 0 Å². The first kappa shape index (κ1) is 10.5. The van der Waals surface area contributed by atoms with Crippen LogP contribution in [0, 0.1) is 6.92 Å². The molecule has 3 heteroatoms. The monoisotopic (exact) mass is 247 g/mol. The highest BCUT2D eigenvalue weighted by atomic mass is 15.0. The fraction of sp³-hybridized carbons (Fsp3) is 0.125. The van der Waals surface area contributed by atoms with E-state index < -0.39 is 0 Å². The Balaban J connectivity index is 2.43. The number of hydrogen-bond acceptors (Lipinski definition) is 2. The molecule has 2 aromatic heterocycles. The molecule has 4 rings (SSSR count). The van der Waals surface area contributed by atoms with Gasteiger partial charge in [0.15, 0.2) is 0 Å². The molecule has 2 heterocycles. The van der Waals surface area contributed by atoms with Gasteiger partial charge in [-0.3, -0.25) is 0 Å². The number of nitrogens with zero attached hydrogens (tertiary/aromatic N) is 3. The fourth-order valence-corrected chi connectivity index (χ4v) is 2.92. The molecule has 0 atom stereocenters. The summed E-state index contributed by atoms with van der Waals surface area (Å²) in [6.07, 6.45) is 1.64. The van der Waals surface area contributed by atoms with Crippen molar-refractivity contribution in [3.05, 3.63) is 48.4 Å². The summed E-state index contributed by atoms with van der Waals surface area (Å²) in [6.45, 7) is 2.05. The summed E-state index contributed by atoms with van der Waals surface area (Å²) in [5.74, 6) is 0. The molecule has 4 aromatic rings. The van der Waals surface area contributed by atoms with E-state index in [2.05, 4.69) is 58.0 Å². The summed E-state index contributed by atoms with van der Waals surface area (Å²) < 4.78 is 2.14. The molecule has 0 spiro atoms. The molecule has 0 aliphatic heterocycles. The predicted octanol–water partition coefficient (Wildman–Crippen LogP) is 3.58. The third-order valence-corrected chi connectivity index (χ3v) is 3.85. The summed E-state index contributed by atoms with van der Waals surface area (Å²) in [6, 6.07) is 12.8. The molecular formula is C16H13N3. The Bertz CT molecular complexity index is 935. The molecule has 19 heavy (non-hydrogen) atoms. The van der Waals surface area contributed by atoms with Crippen LogP contribution in [0.1, 0.15) is 5.69 Å². The Labute approximate surface area is 110 Å². The molecule has 0 saturated heterocycles. The Hall–Kier alpha value is -2.42. The van der Waals surface area contributed by atoms with Gasteiger partial charge in [0.25, 0.3) is 0 Å². The van der Waals surface area contributed by atoms with Gasteiger partial charge in [0.1, 0.15) is 12.0 Å². The van der Waals surface area contributed by atoms with E-state index in [1.807, 2.05) is 6.92 Å². The molecule has 0 bridgehead atoms. The first-order valence-corrected chi connectivity index (χ1v) is 6.35. The lowest BCUT2D eigenvalue weighted by Gasteiger charge is -2.01. The van der Waals surface area contributed by atoms with Gasteiger partial charge >= 0.3 is 0 Å². The molecule has 0 fully saturated rings. The predicted molar refractivity (Wildman–Crippen MR) is 78.3 cm³/mol. The highest BCUT2D eigenvalue weighted by Gasteiger charge is 2.14. The summed E-state index contributed by atoms with van der Waals surface area (Å²) in [5.41, 5.74) is 3.24. The van der Waals surface area contributed by atoms with E-state index >= 15 is 0 Å². The van der Waals surface area contributed by atoms with Crippen LogP contribution in [0.2, 0.25) is 0 Å².